The molecular weight excluding hydrogens is 316 g/mol. The van der Waals surface area contributed by atoms with Crippen LogP contribution in [0.15, 0.2) is 22.7 Å². The molecule has 0 heterocycles. The van der Waals surface area contributed by atoms with Crippen LogP contribution < -0.4 is 11.1 Å². The van der Waals surface area contributed by atoms with Gasteiger partial charge >= 0.3 is 0 Å². The van der Waals surface area contributed by atoms with E-state index in [0.717, 1.165) is 10.0 Å². The summed E-state index contributed by atoms with van der Waals surface area (Å²) < 4.78 is 0.955. The van der Waals surface area contributed by atoms with E-state index in [-0.39, 0.29) is 24.4 Å². The third-order valence-electron chi connectivity index (χ3n) is 3.16. The number of benzene rings is 1. The Bertz CT molecular complexity index is 435. The molecule has 100 valence electrons. The first-order chi connectivity index (χ1) is 8.08. The normalized spacial score (nSPS) is 15.7. The van der Waals surface area contributed by atoms with Gasteiger partial charge in [-0.25, -0.2) is 0 Å². The third-order valence-corrected chi connectivity index (χ3v) is 4.01. The van der Waals surface area contributed by atoms with Crippen LogP contribution in [0.25, 0.3) is 0 Å². The minimum atomic E-state index is -0.0539. The van der Waals surface area contributed by atoms with Crippen molar-refractivity contribution in [3.05, 3.63) is 33.8 Å². The molecule has 1 aliphatic rings. The van der Waals surface area contributed by atoms with Gasteiger partial charge in [-0.2, -0.15) is 0 Å². The van der Waals surface area contributed by atoms with Crippen molar-refractivity contribution >= 4 is 34.2 Å². The van der Waals surface area contributed by atoms with E-state index in [2.05, 4.69) is 21.2 Å². The molecule has 0 aromatic heterocycles. The maximum Gasteiger partial charge on any atom is 0.251 e. The quantitative estimate of drug-likeness (QED) is 0.890. The monoisotopic (exact) mass is 332 g/mol. The Hall–Kier alpha value is -0.580. The van der Waals surface area contributed by atoms with Crippen molar-refractivity contribution in [3.63, 3.8) is 0 Å². The molecule has 0 saturated heterocycles. The van der Waals surface area contributed by atoms with Crippen LogP contribution in [0.3, 0.4) is 0 Å². The molecule has 1 saturated carbocycles. The van der Waals surface area contributed by atoms with Crippen molar-refractivity contribution in [1.29, 1.82) is 0 Å². The third kappa shape index (κ3) is 3.97. The molecule has 1 unspecified atom stereocenters. The van der Waals surface area contributed by atoms with Gasteiger partial charge in [-0.05, 0) is 43.4 Å². The van der Waals surface area contributed by atoms with Gasteiger partial charge in [-0.3, -0.25) is 4.79 Å². The predicted molar refractivity (Wildman–Crippen MR) is 79.2 cm³/mol. The summed E-state index contributed by atoms with van der Waals surface area (Å²) in [5.41, 5.74) is 7.73. The molecule has 0 bridgehead atoms. The SMILES string of the molecule is Cc1ccc(C(=O)NCC(N)C2CC2)cc1Br.Cl. The fourth-order valence-electron chi connectivity index (χ4n) is 1.74. The zero-order valence-corrected chi connectivity index (χ0v) is 12.7. The van der Waals surface area contributed by atoms with Gasteiger partial charge < -0.3 is 11.1 Å². The molecule has 1 aromatic rings. The highest BCUT2D eigenvalue weighted by atomic mass is 79.9. The zero-order valence-electron chi connectivity index (χ0n) is 10.3. The summed E-state index contributed by atoms with van der Waals surface area (Å²) in [5, 5.41) is 2.88. The van der Waals surface area contributed by atoms with E-state index >= 15 is 0 Å². The number of nitrogens with two attached hydrogens (primary N) is 1. The van der Waals surface area contributed by atoms with Gasteiger partial charge in [0.2, 0.25) is 0 Å². The number of carbonyl (C=O) groups excluding carboxylic acids is 1. The zero-order chi connectivity index (χ0) is 12.4. The number of hydrogen-bond acceptors (Lipinski definition) is 2. The van der Waals surface area contributed by atoms with E-state index in [1.807, 2.05) is 25.1 Å². The maximum absolute atomic E-state index is 11.9. The highest BCUT2D eigenvalue weighted by Gasteiger charge is 2.28. The van der Waals surface area contributed by atoms with Crippen LogP contribution in [0.2, 0.25) is 0 Å². The highest BCUT2D eigenvalue weighted by molar-refractivity contribution is 9.10. The second-order valence-corrected chi connectivity index (χ2v) is 5.53. The summed E-state index contributed by atoms with van der Waals surface area (Å²) in [6.07, 6.45) is 2.40. The van der Waals surface area contributed by atoms with E-state index in [4.69, 9.17) is 5.73 Å². The lowest BCUT2D eigenvalue weighted by molar-refractivity contribution is 0.0950. The van der Waals surface area contributed by atoms with Crippen LogP contribution in [0, 0.1) is 12.8 Å². The first-order valence-electron chi connectivity index (χ1n) is 5.88. The molecule has 1 fully saturated rings. The summed E-state index contributed by atoms with van der Waals surface area (Å²) in [6.45, 7) is 2.56. The second kappa shape index (κ2) is 6.55. The highest BCUT2D eigenvalue weighted by Crippen LogP contribution is 2.31. The predicted octanol–water partition coefficient (Wildman–Crippen LogP) is 2.65. The number of hydrogen-bond donors (Lipinski definition) is 2. The lowest BCUT2D eigenvalue weighted by Gasteiger charge is -2.12. The van der Waals surface area contributed by atoms with Gasteiger partial charge in [0.05, 0.1) is 0 Å². The van der Waals surface area contributed by atoms with Crippen LogP contribution in [0.1, 0.15) is 28.8 Å². The Kier molecular flexibility index (Phi) is 5.63. The number of aryl methyl sites for hydroxylation is 1. The van der Waals surface area contributed by atoms with E-state index in [9.17, 15) is 4.79 Å². The van der Waals surface area contributed by atoms with Crippen molar-refractivity contribution in [2.75, 3.05) is 6.54 Å². The van der Waals surface area contributed by atoms with Crippen molar-refractivity contribution in [1.82, 2.24) is 5.32 Å². The minimum absolute atomic E-state index is 0. The Morgan fingerprint density at radius 2 is 2.22 bits per heavy atom. The summed E-state index contributed by atoms with van der Waals surface area (Å²) in [6, 6.07) is 5.71. The van der Waals surface area contributed by atoms with Crippen LogP contribution >= 0.6 is 28.3 Å². The van der Waals surface area contributed by atoms with Crippen molar-refractivity contribution in [2.45, 2.75) is 25.8 Å². The van der Waals surface area contributed by atoms with E-state index < -0.39 is 0 Å². The molecule has 3 N–H and O–H groups in total. The largest absolute Gasteiger partial charge is 0.350 e. The van der Waals surface area contributed by atoms with E-state index in [0.29, 0.717) is 18.0 Å². The molecule has 3 nitrogen and oxygen atoms in total. The number of amides is 1. The van der Waals surface area contributed by atoms with Crippen molar-refractivity contribution < 1.29 is 4.79 Å². The average molecular weight is 334 g/mol. The fraction of sp³-hybridized carbons (Fsp3) is 0.462. The molecule has 2 rings (SSSR count). The topological polar surface area (TPSA) is 55.1 Å². The van der Waals surface area contributed by atoms with Crippen LogP contribution in [0.5, 0.6) is 0 Å². The molecule has 1 aliphatic carbocycles. The van der Waals surface area contributed by atoms with Crippen LogP contribution in [-0.2, 0) is 0 Å². The number of rotatable bonds is 4. The lowest BCUT2D eigenvalue weighted by Crippen LogP contribution is -2.38. The average Bonchev–Trinajstić information content (AvgIpc) is 3.13. The molecule has 18 heavy (non-hydrogen) atoms. The van der Waals surface area contributed by atoms with Gasteiger partial charge in [-0.1, -0.05) is 22.0 Å². The second-order valence-electron chi connectivity index (χ2n) is 4.68. The molecule has 1 aromatic carbocycles. The van der Waals surface area contributed by atoms with Crippen LogP contribution in [0.4, 0.5) is 0 Å². The van der Waals surface area contributed by atoms with Crippen molar-refractivity contribution in [3.8, 4) is 0 Å². The maximum atomic E-state index is 11.9. The van der Waals surface area contributed by atoms with Gasteiger partial charge in [0.15, 0.2) is 0 Å². The van der Waals surface area contributed by atoms with Gasteiger partial charge in [0.25, 0.3) is 5.91 Å². The number of carbonyl (C=O) groups is 1. The molecule has 0 radical (unpaired) electrons. The molecule has 1 amide bonds. The van der Waals surface area contributed by atoms with Crippen LogP contribution in [-0.4, -0.2) is 18.5 Å². The Morgan fingerprint density at radius 3 is 2.78 bits per heavy atom. The molecule has 5 heteroatoms. The summed E-state index contributed by atoms with van der Waals surface area (Å²) >= 11 is 3.42. The smallest absolute Gasteiger partial charge is 0.251 e. The minimum Gasteiger partial charge on any atom is -0.350 e. The summed E-state index contributed by atoms with van der Waals surface area (Å²) in [5.74, 6) is 0.557. The number of nitrogens with one attached hydrogen (secondary N) is 1. The first-order valence-corrected chi connectivity index (χ1v) is 6.67. The molecule has 0 aliphatic heterocycles. The van der Waals surface area contributed by atoms with Gasteiger partial charge in [0.1, 0.15) is 0 Å². The standard InChI is InChI=1S/C13H17BrN2O.ClH/c1-8-2-3-10(6-11(8)14)13(17)16-7-12(15)9-4-5-9;/h2-3,6,9,12H,4-5,7,15H2,1H3,(H,16,17);1H. The Labute approximate surface area is 122 Å². The number of halogens is 2. The van der Waals surface area contributed by atoms with E-state index in [1.165, 1.54) is 12.8 Å². The van der Waals surface area contributed by atoms with E-state index in [1.54, 1.807) is 0 Å². The molecular formula is C13H18BrClN2O. The van der Waals surface area contributed by atoms with Gasteiger partial charge in [0, 0.05) is 22.6 Å². The molecule has 1 atom stereocenters. The fourth-order valence-corrected chi connectivity index (χ4v) is 2.12. The lowest BCUT2D eigenvalue weighted by atomic mass is 10.1. The first kappa shape index (κ1) is 15.5. The Balaban J connectivity index is 0.00000162. The van der Waals surface area contributed by atoms with Gasteiger partial charge in [-0.15, -0.1) is 12.4 Å². The molecule has 0 spiro atoms. The summed E-state index contributed by atoms with van der Waals surface area (Å²) in [4.78, 5) is 11.9. The van der Waals surface area contributed by atoms with Crippen molar-refractivity contribution in [2.24, 2.45) is 11.7 Å². The summed E-state index contributed by atoms with van der Waals surface area (Å²) in [7, 11) is 0. The Morgan fingerprint density at radius 1 is 1.56 bits per heavy atom.